The Bertz CT molecular complexity index is 1040. The molecule has 1 aliphatic rings. The summed E-state index contributed by atoms with van der Waals surface area (Å²) in [7, 11) is 1.36. The highest BCUT2D eigenvalue weighted by Gasteiger charge is 2.27. The molecule has 1 saturated carbocycles. The SMILES string of the molecule is COC(=O)Cc1csc(NC(=O)C(CC2CCCC2)c2ccc(-c3ccccc3)cc2)n1. The molecule has 2 aromatic carbocycles. The van der Waals surface area contributed by atoms with Crippen molar-refractivity contribution >= 4 is 28.3 Å². The van der Waals surface area contributed by atoms with E-state index in [0.29, 0.717) is 16.7 Å². The number of carbonyl (C=O) groups excluding carboxylic acids is 2. The maximum absolute atomic E-state index is 13.3. The third kappa shape index (κ3) is 5.62. The van der Waals surface area contributed by atoms with E-state index in [2.05, 4.69) is 46.7 Å². The predicted molar refractivity (Wildman–Crippen MR) is 128 cm³/mol. The van der Waals surface area contributed by atoms with Gasteiger partial charge in [0.25, 0.3) is 0 Å². The minimum atomic E-state index is -0.342. The van der Waals surface area contributed by atoms with Crippen molar-refractivity contribution in [2.45, 2.75) is 44.4 Å². The van der Waals surface area contributed by atoms with Gasteiger partial charge in [0.2, 0.25) is 5.91 Å². The van der Waals surface area contributed by atoms with Gasteiger partial charge in [-0.05, 0) is 29.0 Å². The van der Waals surface area contributed by atoms with Crippen LogP contribution in [0.4, 0.5) is 5.13 Å². The lowest BCUT2D eigenvalue weighted by atomic mass is 9.86. The van der Waals surface area contributed by atoms with Crippen LogP contribution >= 0.6 is 11.3 Å². The molecule has 32 heavy (non-hydrogen) atoms. The van der Waals surface area contributed by atoms with Crippen LogP contribution in [0.1, 0.15) is 49.3 Å². The van der Waals surface area contributed by atoms with Gasteiger partial charge < -0.3 is 10.1 Å². The second kappa shape index (κ2) is 10.6. The Kier molecular flexibility index (Phi) is 7.32. The number of rotatable bonds is 8. The second-order valence-electron chi connectivity index (χ2n) is 8.31. The topological polar surface area (TPSA) is 68.3 Å². The lowest BCUT2D eigenvalue weighted by molar-refractivity contribution is -0.139. The molecule has 5 nitrogen and oxygen atoms in total. The highest BCUT2D eigenvalue weighted by atomic mass is 32.1. The van der Waals surface area contributed by atoms with Crippen molar-refractivity contribution in [3.05, 3.63) is 71.2 Å². The number of aromatic nitrogens is 1. The van der Waals surface area contributed by atoms with Gasteiger partial charge in [-0.15, -0.1) is 11.3 Å². The zero-order valence-electron chi connectivity index (χ0n) is 18.3. The number of amides is 1. The van der Waals surface area contributed by atoms with Crippen LogP contribution in [-0.2, 0) is 20.7 Å². The van der Waals surface area contributed by atoms with Crippen LogP contribution in [0.5, 0.6) is 0 Å². The standard InChI is InChI=1S/C26H28N2O3S/c1-31-24(29)16-22-17-32-26(27-22)28-25(30)23(15-18-7-5-6-8-18)21-13-11-20(12-14-21)19-9-3-2-4-10-19/h2-4,9-14,17-18,23H,5-8,15-16H2,1H3,(H,27,28,30). The zero-order chi connectivity index (χ0) is 22.3. The highest BCUT2D eigenvalue weighted by Crippen LogP contribution is 2.35. The number of methoxy groups -OCH3 is 1. The molecule has 1 amide bonds. The summed E-state index contributed by atoms with van der Waals surface area (Å²) in [4.78, 5) is 29.2. The summed E-state index contributed by atoms with van der Waals surface area (Å²) in [6, 6.07) is 18.6. The largest absolute Gasteiger partial charge is 0.469 e. The van der Waals surface area contributed by atoms with Gasteiger partial charge in [0.1, 0.15) is 0 Å². The van der Waals surface area contributed by atoms with E-state index in [0.717, 1.165) is 23.1 Å². The molecule has 4 rings (SSSR count). The van der Waals surface area contributed by atoms with Gasteiger partial charge in [-0.3, -0.25) is 9.59 Å². The molecule has 0 spiro atoms. The van der Waals surface area contributed by atoms with Gasteiger partial charge in [0, 0.05) is 5.38 Å². The van der Waals surface area contributed by atoms with Gasteiger partial charge in [-0.2, -0.15) is 0 Å². The molecule has 1 fully saturated rings. The van der Waals surface area contributed by atoms with Crippen LogP contribution in [0.15, 0.2) is 60.0 Å². The quantitative estimate of drug-likeness (QED) is 0.440. The fourth-order valence-electron chi connectivity index (χ4n) is 4.37. The Balaban J connectivity index is 1.51. The number of nitrogens with zero attached hydrogens (tertiary/aromatic N) is 1. The third-order valence-corrected chi connectivity index (χ3v) is 6.92. The van der Waals surface area contributed by atoms with E-state index < -0.39 is 0 Å². The maximum atomic E-state index is 13.3. The normalized spacial score (nSPS) is 14.8. The number of ether oxygens (including phenoxy) is 1. The number of benzene rings is 2. The minimum Gasteiger partial charge on any atom is -0.469 e. The monoisotopic (exact) mass is 448 g/mol. The van der Waals surface area contributed by atoms with E-state index in [4.69, 9.17) is 4.74 Å². The van der Waals surface area contributed by atoms with Crippen LogP contribution in [0.25, 0.3) is 11.1 Å². The van der Waals surface area contributed by atoms with Crippen molar-refractivity contribution in [2.24, 2.45) is 5.92 Å². The Morgan fingerprint density at radius 2 is 1.75 bits per heavy atom. The van der Waals surface area contributed by atoms with Crippen molar-refractivity contribution in [3.8, 4) is 11.1 Å². The number of thiazole rings is 1. The van der Waals surface area contributed by atoms with Crippen molar-refractivity contribution in [2.75, 3.05) is 12.4 Å². The fourth-order valence-corrected chi connectivity index (χ4v) is 5.08. The van der Waals surface area contributed by atoms with Gasteiger partial charge in [-0.1, -0.05) is 80.3 Å². The van der Waals surface area contributed by atoms with Crippen molar-refractivity contribution < 1.29 is 14.3 Å². The first-order chi connectivity index (χ1) is 15.6. The number of esters is 1. The molecule has 0 aliphatic heterocycles. The predicted octanol–water partition coefficient (Wildman–Crippen LogP) is 5.83. The van der Waals surface area contributed by atoms with E-state index in [1.165, 1.54) is 44.1 Å². The van der Waals surface area contributed by atoms with Crippen LogP contribution in [0.2, 0.25) is 0 Å². The number of hydrogen-bond acceptors (Lipinski definition) is 5. The van der Waals surface area contributed by atoms with E-state index in [-0.39, 0.29) is 24.2 Å². The van der Waals surface area contributed by atoms with E-state index in [1.807, 2.05) is 18.2 Å². The summed E-state index contributed by atoms with van der Waals surface area (Å²) in [5.41, 5.74) is 3.94. The molecule has 0 radical (unpaired) electrons. The first kappa shape index (κ1) is 22.2. The summed E-state index contributed by atoms with van der Waals surface area (Å²) >= 11 is 1.33. The molecule has 166 valence electrons. The number of nitrogens with one attached hydrogen (secondary N) is 1. The number of anilines is 1. The summed E-state index contributed by atoms with van der Waals surface area (Å²) in [5.74, 6) is -0.0317. The molecule has 1 aromatic heterocycles. The fraction of sp³-hybridized carbons (Fsp3) is 0.346. The van der Waals surface area contributed by atoms with Crippen LogP contribution < -0.4 is 5.32 Å². The van der Waals surface area contributed by atoms with Gasteiger partial charge in [-0.25, -0.2) is 4.98 Å². The molecule has 0 saturated heterocycles. The third-order valence-electron chi connectivity index (χ3n) is 6.12. The highest BCUT2D eigenvalue weighted by molar-refractivity contribution is 7.13. The molecular weight excluding hydrogens is 420 g/mol. The average Bonchev–Trinajstić information content (AvgIpc) is 3.50. The summed E-state index contributed by atoms with van der Waals surface area (Å²) < 4.78 is 4.69. The van der Waals surface area contributed by atoms with Crippen LogP contribution in [0, 0.1) is 5.92 Å². The smallest absolute Gasteiger partial charge is 0.311 e. The molecule has 6 heteroatoms. The van der Waals surface area contributed by atoms with Crippen LogP contribution in [-0.4, -0.2) is 24.0 Å². The second-order valence-corrected chi connectivity index (χ2v) is 9.17. The molecular formula is C26H28N2O3S. The van der Waals surface area contributed by atoms with E-state index in [1.54, 1.807) is 5.38 Å². The summed E-state index contributed by atoms with van der Waals surface area (Å²) in [6.45, 7) is 0. The van der Waals surface area contributed by atoms with E-state index >= 15 is 0 Å². The average molecular weight is 449 g/mol. The Morgan fingerprint density at radius 3 is 2.44 bits per heavy atom. The van der Waals surface area contributed by atoms with Crippen molar-refractivity contribution in [1.82, 2.24) is 4.98 Å². The molecule has 1 heterocycles. The van der Waals surface area contributed by atoms with Crippen molar-refractivity contribution in [3.63, 3.8) is 0 Å². The lowest BCUT2D eigenvalue weighted by Crippen LogP contribution is -2.23. The molecule has 0 bridgehead atoms. The number of carbonyl (C=O) groups is 2. The first-order valence-corrected chi connectivity index (χ1v) is 12.0. The molecule has 1 unspecified atom stereocenters. The Hall–Kier alpha value is -2.99. The molecule has 3 aromatic rings. The summed E-state index contributed by atoms with van der Waals surface area (Å²) in [5, 5.41) is 5.29. The summed E-state index contributed by atoms with van der Waals surface area (Å²) in [6.07, 6.45) is 5.82. The number of hydrogen-bond donors (Lipinski definition) is 1. The lowest BCUT2D eigenvalue weighted by Gasteiger charge is -2.20. The van der Waals surface area contributed by atoms with Crippen molar-refractivity contribution in [1.29, 1.82) is 0 Å². The van der Waals surface area contributed by atoms with Gasteiger partial charge in [0.05, 0.1) is 25.1 Å². The maximum Gasteiger partial charge on any atom is 0.311 e. The molecule has 1 N–H and O–H groups in total. The zero-order valence-corrected chi connectivity index (χ0v) is 19.1. The van der Waals surface area contributed by atoms with Crippen LogP contribution in [0.3, 0.4) is 0 Å². The Labute approximate surface area is 192 Å². The molecule has 1 aliphatic carbocycles. The Morgan fingerprint density at radius 1 is 1.06 bits per heavy atom. The molecule has 1 atom stereocenters. The van der Waals surface area contributed by atoms with Gasteiger partial charge in [0.15, 0.2) is 5.13 Å². The first-order valence-electron chi connectivity index (χ1n) is 11.1. The van der Waals surface area contributed by atoms with E-state index in [9.17, 15) is 9.59 Å². The minimum absolute atomic E-state index is 0.0386. The van der Waals surface area contributed by atoms with Gasteiger partial charge >= 0.3 is 5.97 Å².